The van der Waals surface area contributed by atoms with Gasteiger partial charge in [0.25, 0.3) is 5.91 Å². The highest BCUT2D eigenvalue weighted by Crippen LogP contribution is 2.23. The van der Waals surface area contributed by atoms with E-state index in [1.165, 1.54) is 36.8 Å². The number of anilines is 1. The number of rotatable bonds is 3. The summed E-state index contributed by atoms with van der Waals surface area (Å²) in [5.74, 6) is -1.62. The number of aromatic carboxylic acids is 1. The number of hydrogen-bond donors (Lipinski definition) is 2. The quantitative estimate of drug-likeness (QED) is 0.896. The molecular weight excluding hydrogens is 270 g/mol. The monoisotopic (exact) mass is 277 g/mol. The molecule has 0 radical (unpaired) electrons. The van der Waals surface area contributed by atoms with Crippen molar-refractivity contribution in [2.45, 2.75) is 0 Å². The van der Waals surface area contributed by atoms with E-state index < -0.39 is 11.9 Å². The van der Waals surface area contributed by atoms with Crippen LogP contribution in [0.5, 0.6) is 0 Å². The van der Waals surface area contributed by atoms with Crippen molar-refractivity contribution in [1.29, 1.82) is 0 Å². The van der Waals surface area contributed by atoms with Crippen molar-refractivity contribution < 1.29 is 14.7 Å². The van der Waals surface area contributed by atoms with E-state index in [2.05, 4.69) is 15.3 Å². The Balaban J connectivity index is 2.26. The van der Waals surface area contributed by atoms with Crippen LogP contribution in [0.25, 0.3) is 0 Å². The molecule has 1 aromatic carbocycles. The number of benzene rings is 1. The van der Waals surface area contributed by atoms with Gasteiger partial charge in [0.1, 0.15) is 5.69 Å². The van der Waals surface area contributed by atoms with Crippen LogP contribution in [0.15, 0.2) is 36.8 Å². The molecule has 6 nitrogen and oxygen atoms in total. The summed E-state index contributed by atoms with van der Waals surface area (Å²) in [6.45, 7) is 0. The first-order chi connectivity index (χ1) is 9.08. The summed E-state index contributed by atoms with van der Waals surface area (Å²) in [6, 6.07) is 4.03. The Kier molecular flexibility index (Phi) is 3.72. The highest BCUT2D eigenvalue weighted by atomic mass is 35.5. The average molecular weight is 278 g/mol. The third-order valence-corrected chi connectivity index (χ3v) is 2.59. The summed E-state index contributed by atoms with van der Waals surface area (Å²) in [6.07, 6.45) is 4.11. The third kappa shape index (κ3) is 3.05. The average Bonchev–Trinajstić information content (AvgIpc) is 2.42. The standard InChI is InChI=1S/C12H8ClN3O3/c13-8-2-1-7(12(18)19)5-9(8)16-11(17)10-6-14-3-4-15-10/h1-6H,(H,16,17)(H,18,19). The van der Waals surface area contributed by atoms with Gasteiger partial charge >= 0.3 is 5.97 Å². The highest BCUT2D eigenvalue weighted by Gasteiger charge is 2.12. The molecule has 0 aliphatic carbocycles. The van der Waals surface area contributed by atoms with Crippen molar-refractivity contribution in [2.24, 2.45) is 0 Å². The molecule has 0 atom stereocenters. The zero-order chi connectivity index (χ0) is 13.8. The number of carboxylic acid groups (broad SMARTS) is 1. The minimum atomic E-state index is -1.10. The van der Waals surface area contributed by atoms with Crippen LogP contribution in [0.4, 0.5) is 5.69 Å². The maximum absolute atomic E-state index is 11.8. The van der Waals surface area contributed by atoms with E-state index in [0.717, 1.165) is 0 Å². The van der Waals surface area contributed by atoms with Crippen molar-refractivity contribution in [3.05, 3.63) is 53.1 Å². The number of carbonyl (C=O) groups excluding carboxylic acids is 1. The van der Waals surface area contributed by atoms with Crippen LogP contribution >= 0.6 is 11.6 Å². The first-order valence-electron chi connectivity index (χ1n) is 5.18. The van der Waals surface area contributed by atoms with Crippen LogP contribution in [0.3, 0.4) is 0 Å². The van der Waals surface area contributed by atoms with E-state index in [-0.39, 0.29) is 22.0 Å². The van der Waals surface area contributed by atoms with Gasteiger partial charge in [-0.15, -0.1) is 0 Å². The Labute approximate surface area is 113 Å². The largest absolute Gasteiger partial charge is 0.478 e. The molecule has 2 rings (SSSR count). The Bertz CT molecular complexity index is 631. The Morgan fingerprint density at radius 1 is 1.26 bits per heavy atom. The van der Waals surface area contributed by atoms with Gasteiger partial charge in [0, 0.05) is 12.4 Å². The molecule has 0 aliphatic heterocycles. The number of carboxylic acids is 1. The molecule has 1 aromatic heterocycles. The number of amides is 1. The summed E-state index contributed by atoms with van der Waals surface area (Å²) in [7, 11) is 0. The van der Waals surface area contributed by atoms with E-state index in [1.54, 1.807) is 0 Å². The van der Waals surface area contributed by atoms with Gasteiger partial charge < -0.3 is 10.4 Å². The van der Waals surface area contributed by atoms with Gasteiger partial charge in [-0.1, -0.05) is 11.6 Å². The lowest BCUT2D eigenvalue weighted by Gasteiger charge is -2.07. The second-order valence-corrected chi connectivity index (χ2v) is 3.95. The maximum atomic E-state index is 11.8. The molecule has 7 heteroatoms. The van der Waals surface area contributed by atoms with E-state index >= 15 is 0 Å². The second kappa shape index (κ2) is 5.45. The fraction of sp³-hybridized carbons (Fsp3) is 0. The third-order valence-electron chi connectivity index (χ3n) is 2.26. The minimum absolute atomic E-state index is 0.0267. The predicted molar refractivity (Wildman–Crippen MR) is 68.4 cm³/mol. The lowest BCUT2D eigenvalue weighted by atomic mass is 10.2. The van der Waals surface area contributed by atoms with Crippen LogP contribution in [0, 0.1) is 0 Å². The van der Waals surface area contributed by atoms with Crippen molar-refractivity contribution in [3.8, 4) is 0 Å². The molecule has 0 fully saturated rings. The smallest absolute Gasteiger partial charge is 0.335 e. The lowest BCUT2D eigenvalue weighted by Crippen LogP contribution is -2.14. The van der Waals surface area contributed by atoms with Crippen molar-refractivity contribution in [3.63, 3.8) is 0 Å². The summed E-state index contributed by atoms with van der Waals surface area (Å²) in [5, 5.41) is 11.6. The number of carbonyl (C=O) groups is 2. The number of nitrogens with one attached hydrogen (secondary N) is 1. The van der Waals surface area contributed by atoms with Gasteiger partial charge in [-0.25, -0.2) is 9.78 Å². The first kappa shape index (κ1) is 13.0. The topological polar surface area (TPSA) is 92.2 Å². The van der Waals surface area contributed by atoms with E-state index in [1.807, 2.05) is 0 Å². The van der Waals surface area contributed by atoms with Gasteiger partial charge in [0.2, 0.25) is 0 Å². The summed E-state index contributed by atoms with van der Waals surface area (Å²) >= 11 is 5.89. The molecule has 1 amide bonds. The second-order valence-electron chi connectivity index (χ2n) is 3.54. The fourth-order valence-electron chi connectivity index (χ4n) is 1.36. The van der Waals surface area contributed by atoms with Crippen LogP contribution < -0.4 is 5.32 Å². The normalized spacial score (nSPS) is 9.95. The number of aromatic nitrogens is 2. The van der Waals surface area contributed by atoms with Gasteiger partial charge in [0.15, 0.2) is 0 Å². The van der Waals surface area contributed by atoms with Crippen molar-refractivity contribution in [1.82, 2.24) is 9.97 Å². The summed E-state index contributed by atoms with van der Waals surface area (Å²) in [5.41, 5.74) is 0.343. The molecule has 0 spiro atoms. The fourth-order valence-corrected chi connectivity index (χ4v) is 1.52. The molecule has 0 bridgehead atoms. The minimum Gasteiger partial charge on any atom is -0.478 e. The molecule has 1 heterocycles. The predicted octanol–water partition coefficient (Wildman–Crippen LogP) is 2.08. The van der Waals surface area contributed by atoms with Crippen molar-refractivity contribution in [2.75, 3.05) is 5.32 Å². The molecule has 2 aromatic rings. The Morgan fingerprint density at radius 3 is 2.68 bits per heavy atom. The maximum Gasteiger partial charge on any atom is 0.335 e. The van der Waals surface area contributed by atoms with Crippen LogP contribution in [-0.4, -0.2) is 27.0 Å². The first-order valence-corrected chi connectivity index (χ1v) is 5.56. The van der Waals surface area contributed by atoms with Crippen LogP contribution in [0.2, 0.25) is 5.02 Å². The molecular formula is C12H8ClN3O3. The van der Waals surface area contributed by atoms with Gasteiger partial charge in [-0.3, -0.25) is 9.78 Å². The number of nitrogens with zero attached hydrogens (tertiary/aromatic N) is 2. The Hall–Kier alpha value is -2.47. The molecule has 96 valence electrons. The molecule has 0 aliphatic rings. The zero-order valence-corrected chi connectivity index (χ0v) is 10.3. The number of hydrogen-bond acceptors (Lipinski definition) is 4. The number of halogens is 1. The van der Waals surface area contributed by atoms with Crippen LogP contribution in [0.1, 0.15) is 20.8 Å². The van der Waals surface area contributed by atoms with Gasteiger partial charge in [0.05, 0.1) is 22.5 Å². The van der Waals surface area contributed by atoms with Crippen molar-refractivity contribution >= 4 is 29.2 Å². The van der Waals surface area contributed by atoms with Gasteiger partial charge in [-0.05, 0) is 18.2 Å². The lowest BCUT2D eigenvalue weighted by molar-refractivity contribution is 0.0696. The summed E-state index contributed by atoms with van der Waals surface area (Å²) in [4.78, 5) is 30.3. The van der Waals surface area contributed by atoms with Gasteiger partial charge in [-0.2, -0.15) is 0 Å². The van der Waals surface area contributed by atoms with E-state index in [9.17, 15) is 9.59 Å². The molecule has 0 saturated carbocycles. The summed E-state index contributed by atoms with van der Waals surface area (Å²) < 4.78 is 0. The van der Waals surface area contributed by atoms with E-state index in [4.69, 9.17) is 16.7 Å². The molecule has 0 unspecified atom stereocenters. The zero-order valence-electron chi connectivity index (χ0n) is 9.50. The molecule has 2 N–H and O–H groups in total. The Morgan fingerprint density at radius 2 is 2.05 bits per heavy atom. The van der Waals surface area contributed by atoms with E-state index in [0.29, 0.717) is 0 Å². The highest BCUT2D eigenvalue weighted by molar-refractivity contribution is 6.34. The molecule has 0 saturated heterocycles. The molecule has 19 heavy (non-hydrogen) atoms. The SMILES string of the molecule is O=C(O)c1ccc(Cl)c(NC(=O)c2cnccn2)c1. The van der Waals surface area contributed by atoms with Crippen LogP contribution in [-0.2, 0) is 0 Å².